The van der Waals surface area contributed by atoms with Crippen LogP contribution >= 0.6 is 11.8 Å². The molecule has 0 aromatic carbocycles. The number of H-pyrrole nitrogens is 1. The van der Waals surface area contributed by atoms with Crippen molar-refractivity contribution in [1.29, 1.82) is 0 Å². The Bertz CT molecular complexity index is 526. The fourth-order valence-electron chi connectivity index (χ4n) is 1.50. The minimum absolute atomic E-state index is 0.123. The Morgan fingerprint density at radius 1 is 1.62 bits per heavy atom. The number of nitrogens with one attached hydrogen (secondary N) is 1. The smallest absolute Gasteiger partial charge is 0.344 e. The number of aromatic amines is 1. The van der Waals surface area contributed by atoms with Crippen LogP contribution in [0, 0.1) is 0 Å². The summed E-state index contributed by atoms with van der Waals surface area (Å²) in [5.41, 5.74) is -0.123. The number of hydrogen-bond donors (Lipinski definition) is 1. The Kier molecular flexibility index (Phi) is 2.32. The highest BCUT2D eigenvalue weighted by Gasteiger charge is 2.28. The van der Waals surface area contributed by atoms with Crippen molar-refractivity contribution in [2.24, 2.45) is 0 Å². The van der Waals surface area contributed by atoms with Gasteiger partial charge in [-0.2, -0.15) is 0 Å². The van der Waals surface area contributed by atoms with Crippen molar-refractivity contribution in [2.75, 3.05) is 0 Å². The van der Waals surface area contributed by atoms with Crippen molar-refractivity contribution in [3.05, 3.63) is 28.5 Å². The van der Waals surface area contributed by atoms with Gasteiger partial charge in [-0.05, 0) is 12.8 Å². The highest BCUT2D eigenvalue weighted by molar-refractivity contribution is 7.98. The van der Waals surface area contributed by atoms with E-state index in [9.17, 15) is 4.79 Å². The summed E-state index contributed by atoms with van der Waals surface area (Å²) in [5, 5.41) is 10.8. The molecule has 1 aliphatic carbocycles. The van der Waals surface area contributed by atoms with E-state index in [0.717, 1.165) is 23.8 Å². The van der Waals surface area contributed by atoms with Crippen LogP contribution < -0.4 is 5.69 Å². The molecule has 3 rings (SSSR count). The van der Waals surface area contributed by atoms with Crippen LogP contribution in [-0.2, 0) is 5.75 Å². The fourth-order valence-corrected chi connectivity index (χ4v) is 2.40. The molecule has 1 aliphatic rings. The molecule has 0 bridgehead atoms. The van der Waals surface area contributed by atoms with E-state index in [1.54, 1.807) is 16.8 Å². The molecule has 0 radical (unpaired) electrons. The summed E-state index contributed by atoms with van der Waals surface area (Å²) in [4.78, 5) is 11.5. The third kappa shape index (κ3) is 1.78. The van der Waals surface area contributed by atoms with Crippen LogP contribution in [0.25, 0.3) is 0 Å². The highest BCUT2D eigenvalue weighted by atomic mass is 32.2. The second-order valence-electron chi connectivity index (χ2n) is 3.68. The maximum atomic E-state index is 11.5. The highest BCUT2D eigenvalue weighted by Crippen LogP contribution is 2.36. The molecule has 2 aromatic rings. The van der Waals surface area contributed by atoms with Crippen molar-refractivity contribution in [3.8, 4) is 0 Å². The molecule has 1 saturated carbocycles. The second kappa shape index (κ2) is 3.82. The molecule has 0 unspecified atom stereocenters. The van der Waals surface area contributed by atoms with E-state index < -0.39 is 0 Å². The maximum Gasteiger partial charge on any atom is 0.344 e. The largest absolute Gasteiger partial charge is 0.361 e. The van der Waals surface area contributed by atoms with Crippen LogP contribution in [-0.4, -0.2) is 19.9 Å². The molecule has 0 spiro atoms. The van der Waals surface area contributed by atoms with Crippen molar-refractivity contribution >= 4 is 11.8 Å². The first kappa shape index (κ1) is 9.71. The van der Waals surface area contributed by atoms with Crippen LogP contribution in [0.3, 0.4) is 0 Å². The van der Waals surface area contributed by atoms with Gasteiger partial charge in [0.2, 0.25) is 0 Å². The van der Waals surface area contributed by atoms with Gasteiger partial charge in [-0.25, -0.2) is 9.89 Å². The van der Waals surface area contributed by atoms with Crippen molar-refractivity contribution in [2.45, 2.75) is 29.8 Å². The molecule has 6 nitrogen and oxygen atoms in total. The Morgan fingerprint density at radius 2 is 2.50 bits per heavy atom. The summed E-state index contributed by atoms with van der Waals surface area (Å²) in [7, 11) is 0. The molecule has 0 atom stereocenters. The number of rotatable bonds is 4. The maximum absolute atomic E-state index is 11.5. The first-order chi connectivity index (χ1) is 7.84. The van der Waals surface area contributed by atoms with E-state index in [-0.39, 0.29) is 5.69 Å². The molecule has 0 aliphatic heterocycles. The average molecular weight is 238 g/mol. The van der Waals surface area contributed by atoms with Crippen LogP contribution in [0.2, 0.25) is 0 Å². The van der Waals surface area contributed by atoms with Crippen LogP contribution in [0.4, 0.5) is 0 Å². The zero-order valence-electron chi connectivity index (χ0n) is 8.42. The van der Waals surface area contributed by atoms with Gasteiger partial charge in [0.05, 0.1) is 11.9 Å². The predicted molar refractivity (Wildman–Crippen MR) is 57.2 cm³/mol. The quantitative estimate of drug-likeness (QED) is 0.809. The van der Waals surface area contributed by atoms with Crippen LogP contribution in [0.5, 0.6) is 0 Å². The number of hydrogen-bond acceptors (Lipinski definition) is 5. The predicted octanol–water partition coefficient (Wildman–Crippen LogP) is 1.19. The summed E-state index contributed by atoms with van der Waals surface area (Å²) < 4.78 is 6.71. The first-order valence-corrected chi connectivity index (χ1v) is 6.02. The molecule has 0 amide bonds. The van der Waals surface area contributed by atoms with E-state index in [0.29, 0.717) is 11.8 Å². The molecule has 2 aromatic heterocycles. The van der Waals surface area contributed by atoms with E-state index in [1.807, 2.05) is 0 Å². The molecule has 1 N–H and O–H groups in total. The normalized spacial score (nSPS) is 15.5. The topological polar surface area (TPSA) is 76.7 Å². The number of thioether (sulfide) groups is 1. The zero-order valence-corrected chi connectivity index (χ0v) is 9.24. The third-order valence-electron chi connectivity index (χ3n) is 2.42. The zero-order chi connectivity index (χ0) is 11.0. The molecular formula is C9H10N4O2S. The monoisotopic (exact) mass is 238 g/mol. The SMILES string of the molecule is O=c1[nH]nc(SCc2ccno2)n1C1CC1. The Morgan fingerprint density at radius 3 is 3.19 bits per heavy atom. The molecule has 2 heterocycles. The molecule has 16 heavy (non-hydrogen) atoms. The summed E-state index contributed by atoms with van der Waals surface area (Å²) in [6.07, 6.45) is 3.74. The summed E-state index contributed by atoms with van der Waals surface area (Å²) in [6, 6.07) is 2.14. The van der Waals surface area contributed by atoms with Gasteiger partial charge in [-0.1, -0.05) is 16.9 Å². The lowest BCUT2D eigenvalue weighted by Gasteiger charge is -2.00. The van der Waals surface area contributed by atoms with Crippen molar-refractivity contribution < 1.29 is 4.52 Å². The lowest BCUT2D eigenvalue weighted by molar-refractivity contribution is 0.395. The van der Waals surface area contributed by atoms with Crippen LogP contribution in [0.15, 0.2) is 26.7 Å². The molecule has 1 fully saturated rings. The third-order valence-corrected chi connectivity index (χ3v) is 3.39. The van der Waals surface area contributed by atoms with Crippen molar-refractivity contribution in [3.63, 3.8) is 0 Å². The van der Waals surface area contributed by atoms with E-state index in [1.165, 1.54) is 11.8 Å². The van der Waals surface area contributed by atoms with E-state index in [2.05, 4.69) is 15.4 Å². The van der Waals surface area contributed by atoms with Gasteiger partial charge in [0.15, 0.2) is 5.16 Å². The Hall–Kier alpha value is -1.50. The van der Waals surface area contributed by atoms with Gasteiger partial charge in [-0.3, -0.25) is 4.57 Å². The second-order valence-corrected chi connectivity index (χ2v) is 4.62. The average Bonchev–Trinajstić information content (AvgIpc) is 2.85. The van der Waals surface area contributed by atoms with Crippen LogP contribution in [0.1, 0.15) is 24.6 Å². The minimum Gasteiger partial charge on any atom is -0.361 e. The lowest BCUT2D eigenvalue weighted by Crippen LogP contribution is -2.16. The van der Waals surface area contributed by atoms with Gasteiger partial charge in [0.25, 0.3) is 0 Å². The molecule has 0 saturated heterocycles. The number of aromatic nitrogens is 4. The van der Waals surface area contributed by atoms with Gasteiger partial charge < -0.3 is 4.52 Å². The summed E-state index contributed by atoms with van der Waals surface area (Å²) in [6.45, 7) is 0. The van der Waals surface area contributed by atoms with Crippen molar-refractivity contribution in [1.82, 2.24) is 19.9 Å². The molecule has 7 heteroatoms. The fraction of sp³-hybridized carbons (Fsp3) is 0.444. The standard InChI is InChI=1S/C9H10N4O2S/c14-8-11-12-9(13(8)6-1-2-6)16-5-7-3-4-10-15-7/h3-4,6H,1-2,5H2,(H,11,14). The van der Waals surface area contributed by atoms with Gasteiger partial charge in [0, 0.05) is 12.1 Å². The van der Waals surface area contributed by atoms with E-state index >= 15 is 0 Å². The summed E-state index contributed by atoms with van der Waals surface area (Å²) in [5.74, 6) is 1.42. The van der Waals surface area contributed by atoms with Gasteiger partial charge >= 0.3 is 5.69 Å². The first-order valence-electron chi connectivity index (χ1n) is 5.04. The van der Waals surface area contributed by atoms with Gasteiger partial charge in [0.1, 0.15) is 5.76 Å². The summed E-state index contributed by atoms with van der Waals surface area (Å²) >= 11 is 1.48. The molecular weight excluding hydrogens is 228 g/mol. The number of nitrogens with zero attached hydrogens (tertiary/aromatic N) is 3. The minimum atomic E-state index is -0.123. The van der Waals surface area contributed by atoms with Gasteiger partial charge in [-0.15, -0.1) is 5.10 Å². The Balaban J connectivity index is 1.77. The lowest BCUT2D eigenvalue weighted by atomic mass is 10.5. The Labute approximate surface area is 95.0 Å². The molecule has 84 valence electrons. The van der Waals surface area contributed by atoms with E-state index in [4.69, 9.17) is 4.52 Å².